The lowest BCUT2D eigenvalue weighted by molar-refractivity contribution is 0.178. The summed E-state index contributed by atoms with van der Waals surface area (Å²) in [5, 5.41) is 26.7. The van der Waals surface area contributed by atoms with Crippen molar-refractivity contribution in [1.82, 2.24) is 19.8 Å². The van der Waals surface area contributed by atoms with Crippen molar-refractivity contribution in [2.24, 2.45) is 0 Å². The summed E-state index contributed by atoms with van der Waals surface area (Å²) in [6, 6.07) is 9.38. The fourth-order valence-corrected chi connectivity index (χ4v) is 3.34. The number of aliphatic hydroxyl groups excluding tert-OH is 1. The molecule has 0 spiro atoms. The number of rotatable bonds is 4. The Hall–Kier alpha value is -2.71. The van der Waals surface area contributed by atoms with Gasteiger partial charge in [-0.3, -0.25) is 0 Å². The number of aryl methyl sites for hydroxylation is 2. The number of anilines is 1. The molecule has 0 saturated heterocycles. The van der Waals surface area contributed by atoms with Crippen molar-refractivity contribution in [2.75, 3.05) is 5.32 Å². The van der Waals surface area contributed by atoms with Crippen LogP contribution in [0.4, 0.5) is 5.69 Å². The molecule has 4 rings (SSSR count). The Morgan fingerprint density at radius 3 is 2.83 bits per heavy atom. The third-order valence-corrected chi connectivity index (χ3v) is 4.67. The molecule has 7 nitrogen and oxygen atoms in total. The molecule has 8 heteroatoms. The van der Waals surface area contributed by atoms with Gasteiger partial charge in [-0.1, -0.05) is 11.3 Å². The number of hydrogen-bond acceptors (Lipinski definition) is 7. The maximum atomic E-state index is 10.1. The van der Waals surface area contributed by atoms with Crippen molar-refractivity contribution >= 4 is 22.0 Å². The van der Waals surface area contributed by atoms with E-state index >= 15 is 0 Å². The number of aliphatic hydroxyl groups is 1. The van der Waals surface area contributed by atoms with E-state index in [2.05, 4.69) is 20.6 Å². The molecule has 0 aliphatic heterocycles. The lowest BCUT2D eigenvalue weighted by Gasteiger charge is -2.14. The van der Waals surface area contributed by atoms with Gasteiger partial charge in [0.15, 0.2) is 17.8 Å². The molecule has 0 aliphatic rings. The normalized spacial score (nSPS) is 12.6. The van der Waals surface area contributed by atoms with Crippen LogP contribution in [0, 0.1) is 13.8 Å². The Bertz CT molecular complexity index is 989. The molecule has 3 aromatic heterocycles. The summed E-state index contributed by atoms with van der Waals surface area (Å²) >= 11 is 1.49. The quantitative estimate of drug-likeness (QED) is 0.554. The largest absolute Gasteiger partial charge is 0.465 e. The number of hydrogen-bond donors (Lipinski definition) is 2. The first-order valence-electron chi connectivity index (χ1n) is 7.40. The van der Waals surface area contributed by atoms with Gasteiger partial charge < -0.3 is 14.8 Å². The van der Waals surface area contributed by atoms with Gasteiger partial charge in [-0.15, -0.1) is 10.2 Å². The molecule has 1 unspecified atom stereocenters. The second kappa shape index (κ2) is 5.73. The van der Waals surface area contributed by atoms with Crippen molar-refractivity contribution in [3.63, 3.8) is 0 Å². The second-order valence-electron chi connectivity index (χ2n) is 5.44. The molecule has 0 amide bonds. The molecule has 2 N–H and O–H groups in total. The molecular formula is C16H15N5O2S. The minimum Gasteiger partial charge on any atom is -0.465 e. The summed E-state index contributed by atoms with van der Waals surface area (Å²) in [6.45, 7) is 3.85. The average Bonchev–Trinajstić information content (AvgIpc) is 3.28. The number of nitrogens with zero attached hydrogens (tertiary/aromatic N) is 4. The second-order valence-corrected chi connectivity index (χ2v) is 6.40. The first-order chi connectivity index (χ1) is 11.6. The zero-order valence-electron chi connectivity index (χ0n) is 13.1. The maximum absolute atomic E-state index is 10.1. The van der Waals surface area contributed by atoms with E-state index in [1.54, 1.807) is 16.6 Å². The van der Waals surface area contributed by atoms with Crippen LogP contribution in [-0.4, -0.2) is 24.9 Å². The van der Waals surface area contributed by atoms with E-state index in [4.69, 9.17) is 4.42 Å². The SMILES string of the molecule is Cc1cc(-c2nn3c(C)nnc3s2)ccc1NC(O)c1ccco1. The Labute approximate surface area is 141 Å². The monoisotopic (exact) mass is 341 g/mol. The van der Waals surface area contributed by atoms with Gasteiger partial charge in [0, 0.05) is 11.3 Å². The third kappa shape index (κ3) is 2.55. The topological polar surface area (TPSA) is 88.5 Å². The number of furan rings is 1. The van der Waals surface area contributed by atoms with Crippen LogP contribution >= 0.6 is 11.3 Å². The average molecular weight is 341 g/mol. The summed E-state index contributed by atoms with van der Waals surface area (Å²) in [5.74, 6) is 1.24. The highest BCUT2D eigenvalue weighted by Crippen LogP contribution is 2.29. The number of nitrogens with one attached hydrogen (secondary N) is 1. The van der Waals surface area contributed by atoms with Crippen LogP contribution in [0.15, 0.2) is 41.0 Å². The molecule has 1 aromatic carbocycles. The Kier molecular flexibility index (Phi) is 3.55. The van der Waals surface area contributed by atoms with Crippen molar-refractivity contribution in [3.8, 4) is 10.6 Å². The van der Waals surface area contributed by atoms with E-state index in [-0.39, 0.29) is 0 Å². The molecule has 0 fully saturated rings. The highest BCUT2D eigenvalue weighted by molar-refractivity contribution is 7.19. The predicted molar refractivity (Wildman–Crippen MR) is 90.9 cm³/mol. The summed E-state index contributed by atoms with van der Waals surface area (Å²) in [7, 11) is 0. The van der Waals surface area contributed by atoms with Gasteiger partial charge in [0.2, 0.25) is 4.96 Å². The van der Waals surface area contributed by atoms with Crippen molar-refractivity contribution < 1.29 is 9.52 Å². The Balaban J connectivity index is 1.61. The molecule has 0 aliphatic carbocycles. The van der Waals surface area contributed by atoms with Crippen molar-refractivity contribution in [3.05, 3.63) is 53.7 Å². The summed E-state index contributed by atoms with van der Waals surface area (Å²) in [4.78, 5) is 0.774. The number of benzene rings is 1. The number of fused-ring (bicyclic) bond motifs is 1. The smallest absolute Gasteiger partial charge is 0.234 e. The first-order valence-corrected chi connectivity index (χ1v) is 8.21. The fraction of sp³-hybridized carbons (Fsp3) is 0.188. The van der Waals surface area contributed by atoms with E-state index in [0.29, 0.717) is 5.76 Å². The lowest BCUT2D eigenvalue weighted by atomic mass is 10.1. The van der Waals surface area contributed by atoms with E-state index in [0.717, 1.165) is 32.6 Å². The molecule has 0 saturated carbocycles. The van der Waals surface area contributed by atoms with Gasteiger partial charge in [-0.05, 0) is 49.7 Å². The van der Waals surface area contributed by atoms with E-state index < -0.39 is 6.23 Å². The molecule has 3 heterocycles. The first kappa shape index (κ1) is 14.9. The van der Waals surface area contributed by atoms with Crippen LogP contribution < -0.4 is 5.32 Å². The zero-order valence-corrected chi connectivity index (χ0v) is 13.9. The van der Waals surface area contributed by atoms with Crippen LogP contribution in [0.5, 0.6) is 0 Å². The third-order valence-electron chi connectivity index (χ3n) is 3.73. The minimum atomic E-state index is -0.888. The molecular weight excluding hydrogens is 326 g/mol. The highest BCUT2D eigenvalue weighted by Gasteiger charge is 2.14. The summed E-state index contributed by atoms with van der Waals surface area (Å²) in [6.07, 6.45) is 0.646. The van der Waals surface area contributed by atoms with Gasteiger partial charge in [0.1, 0.15) is 5.01 Å². The van der Waals surface area contributed by atoms with Gasteiger partial charge in [0.25, 0.3) is 0 Å². The maximum Gasteiger partial charge on any atom is 0.234 e. The zero-order chi connectivity index (χ0) is 16.7. The fourth-order valence-electron chi connectivity index (χ4n) is 2.46. The van der Waals surface area contributed by atoms with Crippen molar-refractivity contribution in [2.45, 2.75) is 20.1 Å². The van der Waals surface area contributed by atoms with Crippen molar-refractivity contribution in [1.29, 1.82) is 0 Å². The van der Waals surface area contributed by atoms with Gasteiger partial charge in [-0.25, -0.2) is 0 Å². The molecule has 1 atom stereocenters. The highest BCUT2D eigenvalue weighted by atomic mass is 32.1. The van der Waals surface area contributed by atoms with Crippen LogP contribution in [0.25, 0.3) is 15.5 Å². The van der Waals surface area contributed by atoms with Crippen LogP contribution in [-0.2, 0) is 0 Å². The summed E-state index contributed by atoms with van der Waals surface area (Å²) in [5.41, 5.74) is 2.84. The Morgan fingerprint density at radius 1 is 1.25 bits per heavy atom. The van der Waals surface area contributed by atoms with Gasteiger partial charge in [0.05, 0.1) is 6.26 Å². The number of aromatic nitrogens is 4. The standard InChI is InChI=1S/C16H15N5O2S/c1-9-8-11(15-20-21-10(2)18-19-16(21)24-15)5-6-12(9)17-14(22)13-4-3-7-23-13/h3-8,14,17,22H,1-2H3. The van der Waals surface area contributed by atoms with Crippen LogP contribution in [0.2, 0.25) is 0 Å². The minimum absolute atomic E-state index is 0.475. The summed E-state index contributed by atoms with van der Waals surface area (Å²) < 4.78 is 6.94. The van der Waals surface area contributed by atoms with Gasteiger partial charge >= 0.3 is 0 Å². The predicted octanol–water partition coefficient (Wildman–Crippen LogP) is 3.17. The molecule has 24 heavy (non-hydrogen) atoms. The van der Waals surface area contributed by atoms with E-state index in [9.17, 15) is 5.11 Å². The molecule has 0 bridgehead atoms. The Morgan fingerprint density at radius 2 is 2.12 bits per heavy atom. The van der Waals surface area contributed by atoms with E-state index in [1.165, 1.54) is 17.6 Å². The van der Waals surface area contributed by atoms with Crippen LogP contribution in [0.3, 0.4) is 0 Å². The lowest BCUT2D eigenvalue weighted by Crippen LogP contribution is -2.09. The molecule has 0 radical (unpaired) electrons. The molecule has 122 valence electrons. The van der Waals surface area contributed by atoms with E-state index in [1.807, 2.05) is 32.0 Å². The molecule has 4 aromatic rings. The van der Waals surface area contributed by atoms with Gasteiger partial charge in [-0.2, -0.15) is 9.61 Å². The van der Waals surface area contributed by atoms with Crippen LogP contribution in [0.1, 0.15) is 23.4 Å².